The number of imidazole rings is 1. The van der Waals surface area contributed by atoms with Crippen LogP contribution >= 0.6 is 0 Å². The summed E-state index contributed by atoms with van der Waals surface area (Å²) in [5, 5.41) is 0. The van der Waals surface area contributed by atoms with E-state index in [4.69, 9.17) is 14.7 Å². The van der Waals surface area contributed by atoms with Crippen molar-refractivity contribution in [2.24, 2.45) is 0 Å². The van der Waals surface area contributed by atoms with Gasteiger partial charge in [-0.2, -0.15) is 0 Å². The van der Waals surface area contributed by atoms with E-state index >= 15 is 0 Å². The Balaban J connectivity index is 1.64. The van der Waals surface area contributed by atoms with Crippen molar-refractivity contribution in [3.63, 3.8) is 0 Å². The van der Waals surface area contributed by atoms with Crippen LogP contribution in [0.25, 0.3) is 22.3 Å². The third-order valence-electron chi connectivity index (χ3n) is 7.02. The van der Waals surface area contributed by atoms with Crippen molar-refractivity contribution in [1.29, 1.82) is 0 Å². The molecule has 0 bridgehead atoms. The van der Waals surface area contributed by atoms with E-state index in [1.165, 1.54) is 0 Å². The molecule has 218 valence electrons. The summed E-state index contributed by atoms with van der Waals surface area (Å²) in [5.41, 5.74) is 7.26. The molecule has 2 aromatic heterocycles. The molecule has 8 nitrogen and oxygen atoms in total. The number of hydrogen-bond donors (Lipinski definition) is 1. The minimum Gasteiger partial charge on any atom is -0.372 e. The fourth-order valence-corrected chi connectivity index (χ4v) is 6.17. The van der Waals surface area contributed by atoms with E-state index in [-0.39, 0.29) is 11.5 Å². The zero-order valence-corrected chi connectivity index (χ0v) is 25.5. The first-order valence-electron chi connectivity index (χ1n) is 14.4. The van der Waals surface area contributed by atoms with Gasteiger partial charge in [0.1, 0.15) is 17.9 Å². The van der Waals surface area contributed by atoms with Gasteiger partial charge >= 0.3 is 0 Å². The van der Waals surface area contributed by atoms with E-state index in [0.717, 1.165) is 77.0 Å². The number of nitrogens with zero attached hydrogens (tertiary/aromatic N) is 3. The van der Waals surface area contributed by atoms with Crippen molar-refractivity contribution in [3.8, 4) is 11.1 Å². The normalized spacial score (nSPS) is 11.7. The minimum atomic E-state index is -4.11. The Morgan fingerprint density at radius 2 is 1.68 bits per heavy atom. The Hall–Kier alpha value is -3.56. The monoisotopic (exact) mass is 576 g/mol. The van der Waals surface area contributed by atoms with Crippen LogP contribution in [-0.4, -0.2) is 42.1 Å². The van der Waals surface area contributed by atoms with Gasteiger partial charge in [0.2, 0.25) is 0 Å². The van der Waals surface area contributed by atoms with Crippen molar-refractivity contribution >= 4 is 27.1 Å². The summed E-state index contributed by atoms with van der Waals surface area (Å²) >= 11 is 0. The van der Waals surface area contributed by atoms with E-state index in [0.29, 0.717) is 18.7 Å². The van der Waals surface area contributed by atoms with Crippen LogP contribution in [0.3, 0.4) is 0 Å². The first-order chi connectivity index (χ1) is 19.7. The van der Waals surface area contributed by atoms with Crippen LogP contribution in [-0.2, 0) is 38.9 Å². The molecule has 0 saturated heterocycles. The molecule has 0 aliphatic rings. The van der Waals surface area contributed by atoms with E-state index in [1.807, 2.05) is 56.3 Å². The molecule has 1 amide bonds. The molecule has 0 aliphatic carbocycles. The number of pyridine rings is 1. The molecule has 4 aromatic rings. The lowest BCUT2D eigenvalue weighted by Gasteiger charge is -2.15. The quantitative estimate of drug-likeness (QED) is 0.199. The highest BCUT2D eigenvalue weighted by Gasteiger charge is 2.23. The van der Waals surface area contributed by atoms with Crippen LogP contribution in [0.5, 0.6) is 0 Å². The number of hydrogen-bond acceptors (Lipinski definition) is 6. The number of aryl methyl sites for hydroxylation is 4. The number of carbonyl (C=O) groups excluding carboxylic acids is 1. The van der Waals surface area contributed by atoms with Gasteiger partial charge in [-0.15, -0.1) is 0 Å². The molecule has 1 N–H and O–H groups in total. The molecule has 0 spiro atoms. The number of sulfonamides is 1. The molecule has 41 heavy (non-hydrogen) atoms. The standard InChI is InChI=1S/C32H40N4O4S/c1-6-9-17-40-21-30(37)35-41(38,39)28-16-13-24(10-7-2)19-27(28)26-14-11-25(12-15-26)20-36-29(8-3)34-31-22(4)18-23(5)33-32(31)36/h11-16,18-19H,6-10,17,20-21H2,1-5H3,(H,35,37). The van der Waals surface area contributed by atoms with E-state index in [2.05, 4.69) is 30.1 Å². The topological polar surface area (TPSA) is 103 Å². The van der Waals surface area contributed by atoms with E-state index in [9.17, 15) is 13.2 Å². The minimum absolute atomic E-state index is 0.0658. The van der Waals surface area contributed by atoms with Gasteiger partial charge in [0.15, 0.2) is 5.65 Å². The summed E-state index contributed by atoms with van der Waals surface area (Å²) in [5.74, 6) is 0.291. The highest BCUT2D eigenvalue weighted by molar-refractivity contribution is 7.90. The second-order valence-electron chi connectivity index (χ2n) is 10.4. The number of benzene rings is 2. The first kappa shape index (κ1) is 30.4. The Labute approximate surface area is 243 Å². The molecule has 2 aromatic carbocycles. The van der Waals surface area contributed by atoms with Crippen LogP contribution in [0.2, 0.25) is 0 Å². The van der Waals surface area contributed by atoms with E-state index < -0.39 is 15.9 Å². The first-order valence-corrected chi connectivity index (χ1v) is 15.8. The number of carbonyl (C=O) groups is 1. The predicted molar refractivity (Wildman–Crippen MR) is 162 cm³/mol. The molecule has 0 fully saturated rings. The number of rotatable bonds is 13. The Morgan fingerprint density at radius 3 is 2.37 bits per heavy atom. The second-order valence-corrected chi connectivity index (χ2v) is 12.1. The van der Waals surface area contributed by atoms with Gasteiger partial charge in [-0.1, -0.05) is 63.9 Å². The number of amides is 1. The van der Waals surface area contributed by atoms with Gasteiger partial charge in [-0.25, -0.2) is 23.1 Å². The number of fused-ring (bicyclic) bond motifs is 1. The number of unbranched alkanes of at least 4 members (excludes halogenated alkanes) is 1. The lowest BCUT2D eigenvalue weighted by Crippen LogP contribution is -2.34. The summed E-state index contributed by atoms with van der Waals surface area (Å²) in [7, 11) is -4.11. The smallest absolute Gasteiger partial charge is 0.264 e. The van der Waals surface area contributed by atoms with Crippen LogP contribution in [0, 0.1) is 13.8 Å². The summed E-state index contributed by atoms with van der Waals surface area (Å²) in [6.45, 7) is 11.0. The molecule has 0 atom stereocenters. The summed E-state index contributed by atoms with van der Waals surface area (Å²) in [6, 6.07) is 15.2. The third kappa shape index (κ3) is 7.21. The van der Waals surface area contributed by atoms with Gasteiger partial charge in [0.05, 0.1) is 11.4 Å². The maximum atomic E-state index is 13.3. The number of ether oxygens (including phenoxy) is 1. The summed E-state index contributed by atoms with van der Waals surface area (Å²) in [6.07, 6.45) is 4.28. The molecule has 0 aliphatic heterocycles. The van der Waals surface area contributed by atoms with Gasteiger partial charge in [0, 0.05) is 24.3 Å². The van der Waals surface area contributed by atoms with Gasteiger partial charge in [-0.3, -0.25) is 4.79 Å². The fourth-order valence-electron chi connectivity index (χ4n) is 4.98. The van der Waals surface area contributed by atoms with Crippen LogP contribution in [0.4, 0.5) is 0 Å². The van der Waals surface area contributed by atoms with Crippen LogP contribution in [0.15, 0.2) is 53.4 Å². The van der Waals surface area contributed by atoms with Gasteiger partial charge in [-0.05, 0) is 67.1 Å². The largest absolute Gasteiger partial charge is 0.372 e. The average molecular weight is 577 g/mol. The number of aromatic nitrogens is 3. The zero-order valence-electron chi connectivity index (χ0n) is 24.7. The van der Waals surface area contributed by atoms with Crippen molar-refractivity contribution < 1.29 is 17.9 Å². The fraction of sp³-hybridized carbons (Fsp3) is 0.406. The van der Waals surface area contributed by atoms with Crippen LogP contribution in [0.1, 0.15) is 68.2 Å². The summed E-state index contributed by atoms with van der Waals surface area (Å²) in [4.78, 5) is 22.0. The van der Waals surface area contributed by atoms with Gasteiger partial charge in [0.25, 0.3) is 15.9 Å². The Bertz CT molecular complexity index is 1630. The SMILES string of the molecule is CCCCOCC(=O)NS(=O)(=O)c1ccc(CCC)cc1-c1ccc(Cn2c(CC)nc3c(C)cc(C)nc32)cc1. The molecular formula is C32H40N4O4S. The molecule has 0 saturated carbocycles. The van der Waals surface area contributed by atoms with Crippen molar-refractivity contribution in [2.75, 3.05) is 13.2 Å². The maximum Gasteiger partial charge on any atom is 0.264 e. The predicted octanol–water partition coefficient (Wildman–Crippen LogP) is 5.90. The molecule has 4 rings (SSSR count). The molecule has 0 unspecified atom stereocenters. The second kappa shape index (κ2) is 13.4. The van der Waals surface area contributed by atoms with Crippen molar-refractivity contribution in [1.82, 2.24) is 19.3 Å². The zero-order chi connectivity index (χ0) is 29.6. The highest BCUT2D eigenvalue weighted by Crippen LogP contribution is 2.30. The maximum absolute atomic E-state index is 13.3. The molecule has 2 heterocycles. The summed E-state index contributed by atoms with van der Waals surface area (Å²) < 4.78 is 36.3. The number of nitrogens with one attached hydrogen (secondary N) is 1. The molecule has 9 heteroatoms. The highest BCUT2D eigenvalue weighted by atomic mass is 32.2. The third-order valence-corrected chi connectivity index (χ3v) is 8.45. The Kier molecular flexibility index (Phi) is 9.94. The molecule has 0 radical (unpaired) electrons. The molecular weight excluding hydrogens is 536 g/mol. The lowest BCUT2D eigenvalue weighted by atomic mass is 10.00. The van der Waals surface area contributed by atoms with Crippen molar-refractivity contribution in [2.45, 2.75) is 78.2 Å². The van der Waals surface area contributed by atoms with Gasteiger partial charge < -0.3 is 9.30 Å². The lowest BCUT2D eigenvalue weighted by molar-refractivity contribution is -0.123. The van der Waals surface area contributed by atoms with Crippen molar-refractivity contribution in [3.05, 3.63) is 76.7 Å². The van der Waals surface area contributed by atoms with Crippen LogP contribution < -0.4 is 4.72 Å². The average Bonchev–Trinajstić information content (AvgIpc) is 3.29. The Morgan fingerprint density at radius 1 is 0.951 bits per heavy atom. The van der Waals surface area contributed by atoms with E-state index in [1.54, 1.807) is 6.07 Å².